The Balaban J connectivity index is 2.77. The van der Waals surface area contributed by atoms with Gasteiger partial charge in [0.15, 0.2) is 0 Å². The number of hydrogen-bond acceptors (Lipinski definition) is 2. The van der Waals surface area contributed by atoms with Crippen molar-refractivity contribution in [1.29, 1.82) is 0 Å². The van der Waals surface area contributed by atoms with Gasteiger partial charge in [0.05, 0.1) is 11.2 Å². The quantitative estimate of drug-likeness (QED) is 0.895. The maximum atomic E-state index is 13.3. The van der Waals surface area contributed by atoms with Crippen molar-refractivity contribution in [2.75, 3.05) is 6.54 Å². The van der Waals surface area contributed by atoms with Gasteiger partial charge < -0.3 is 10.4 Å². The SMILES string of the molecule is CC(C)(O)CNC(=O)c1cc(Br)ccc1F. The van der Waals surface area contributed by atoms with Crippen LogP contribution in [-0.2, 0) is 0 Å². The number of carbonyl (C=O) groups is 1. The van der Waals surface area contributed by atoms with Crippen LogP contribution in [0.4, 0.5) is 4.39 Å². The van der Waals surface area contributed by atoms with Crippen molar-refractivity contribution in [3.8, 4) is 0 Å². The first-order valence-electron chi connectivity index (χ1n) is 4.75. The van der Waals surface area contributed by atoms with Gasteiger partial charge in [0.25, 0.3) is 5.91 Å². The molecule has 0 spiro atoms. The topological polar surface area (TPSA) is 49.3 Å². The van der Waals surface area contributed by atoms with Crippen molar-refractivity contribution in [1.82, 2.24) is 5.32 Å². The second kappa shape index (κ2) is 4.93. The van der Waals surface area contributed by atoms with E-state index in [-0.39, 0.29) is 12.1 Å². The third-order valence-corrected chi connectivity index (χ3v) is 2.35. The fourth-order valence-corrected chi connectivity index (χ4v) is 1.42. The van der Waals surface area contributed by atoms with E-state index < -0.39 is 17.3 Å². The van der Waals surface area contributed by atoms with Crippen LogP contribution in [0.2, 0.25) is 0 Å². The minimum atomic E-state index is -1.02. The molecular formula is C11H13BrFNO2. The molecule has 2 N–H and O–H groups in total. The number of nitrogens with one attached hydrogen (secondary N) is 1. The van der Waals surface area contributed by atoms with E-state index in [1.165, 1.54) is 18.2 Å². The molecule has 0 saturated heterocycles. The number of rotatable bonds is 3. The van der Waals surface area contributed by atoms with Gasteiger partial charge in [0.2, 0.25) is 0 Å². The van der Waals surface area contributed by atoms with Crippen LogP contribution in [0.5, 0.6) is 0 Å². The van der Waals surface area contributed by atoms with Crippen molar-refractivity contribution in [3.63, 3.8) is 0 Å². The maximum absolute atomic E-state index is 13.3. The summed E-state index contributed by atoms with van der Waals surface area (Å²) in [5.41, 5.74) is -1.06. The molecule has 0 bridgehead atoms. The molecule has 0 fully saturated rings. The third-order valence-electron chi connectivity index (χ3n) is 1.85. The number of benzene rings is 1. The molecule has 0 heterocycles. The number of amides is 1. The first-order chi connectivity index (χ1) is 7.29. The van der Waals surface area contributed by atoms with Gasteiger partial charge in [-0.15, -0.1) is 0 Å². The molecule has 0 aromatic heterocycles. The Morgan fingerprint density at radius 1 is 1.56 bits per heavy atom. The van der Waals surface area contributed by atoms with Crippen LogP contribution in [0, 0.1) is 5.82 Å². The Kier molecular flexibility index (Phi) is 4.04. The van der Waals surface area contributed by atoms with E-state index in [0.717, 1.165) is 0 Å². The van der Waals surface area contributed by atoms with Crippen LogP contribution in [-0.4, -0.2) is 23.2 Å². The predicted octanol–water partition coefficient (Wildman–Crippen LogP) is 2.09. The fourth-order valence-electron chi connectivity index (χ4n) is 1.06. The summed E-state index contributed by atoms with van der Waals surface area (Å²) in [5, 5.41) is 11.9. The molecule has 0 unspecified atom stereocenters. The van der Waals surface area contributed by atoms with Crippen molar-refractivity contribution in [2.45, 2.75) is 19.4 Å². The highest BCUT2D eigenvalue weighted by atomic mass is 79.9. The molecule has 88 valence electrons. The van der Waals surface area contributed by atoms with Gasteiger partial charge in [-0.25, -0.2) is 4.39 Å². The molecule has 1 aromatic rings. The summed E-state index contributed by atoms with van der Waals surface area (Å²) in [6.45, 7) is 3.19. The van der Waals surface area contributed by atoms with Gasteiger partial charge in [-0.1, -0.05) is 15.9 Å². The Hall–Kier alpha value is -0.940. The summed E-state index contributed by atoms with van der Waals surface area (Å²) < 4.78 is 13.9. The minimum Gasteiger partial charge on any atom is -0.389 e. The van der Waals surface area contributed by atoms with Crippen LogP contribution in [0.3, 0.4) is 0 Å². The molecule has 5 heteroatoms. The first-order valence-corrected chi connectivity index (χ1v) is 5.54. The zero-order chi connectivity index (χ0) is 12.3. The van der Waals surface area contributed by atoms with Gasteiger partial charge in [-0.3, -0.25) is 4.79 Å². The molecule has 16 heavy (non-hydrogen) atoms. The van der Waals surface area contributed by atoms with Gasteiger partial charge in [0.1, 0.15) is 5.82 Å². The lowest BCUT2D eigenvalue weighted by atomic mass is 10.1. The Bertz CT molecular complexity index is 401. The van der Waals surface area contributed by atoms with E-state index in [4.69, 9.17) is 0 Å². The first kappa shape index (κ1) is 13.1. The Morgan fingerprint density at radius 3 is 2.75 bits per heavy atom. The molecule has 0 aliphatic rings. The average molecular weight is 290 g/mol. The van der Waals surface area contributed by atoms with Gasteiger partial charge in [-0.2, -0.15) is 0 Å². The largest absolute Gasteiger partial charge is 0.389 e. The normalized spacial score (nSPS) is 11.3. The highest BCUT2D eigenvalue weighted by Crippen LogP contribution is 2.15. The van der Waals surface area contributed by atoms with Gasteiger partial charge in [-0.05, 0) is 32.0 Å². The van der Waals surface area contributed by atoms with Crippen LogP contribution >= 0.6 is 15.9 Å². The molecule has 1 amide bonds. The van der Waals surface area contributed by atoms with Gasteiger partial charge in [0, 0.05) is 11.0 Å². The second-order valence-corrected chi connectivity index (χ2v) is 5.03. The summed E-state index contributed by atoms with van der Waals surface area (Å²) in [5.74, 6) is -1.13. The number of carbonyl (C=O) groups excluding carboxylic acids is 1. The van der Waals surface area contributed by atoms with Crippen LogP contribution in [0.15, 0.2) is 22.7 Å². The smallest absolute Gasteiger partial charge is 0.254 e. The Labute approximate surface area is 102 Å². The molecule has 3 nitrogen and oxygen atoms in total. The van der Waals surface area contributed by atoms with Crippen molar-refractivity contribution < 1.29 is 14.3 Å². The highest BCUT2D eigenvalue weighted by molar-refractivity contribution is 9.10. The van der Waals surface area contributed by atoms with Crippen molar-refractivity contribution in [3.05, 3.63) is 34.1 Å². The predicted molar refractivity (Wildman–Crippen MR) is 62.7 cm³/mol. The molecule has 0 aliphatic heterocycles. The highest BCUT2D eigenvalue weighted by Gasteiger charge is 2.17. The standard InChI is InChI=1S/C11H13BrFNO2/c1-11(2,16)6-14-10(15)8-5-7(12)3-4-9(8)13/h3-5,16H,6H2,1-2H3,(H,14,15). The van der Waals surface area contributed by atoms with E-state index >= 15 is 0 Å². The maximum Gasteiger partial charge on any atom is 0.254 e. The van der Waals surface area contributed by atoms with E-state index in [1.54, 1.807) is 13.8 Å². The second-order valence-electron chi connectivity index (χ2n) is 4.12. The van der Waals surface area contributed by atoms with E-state index in [9.17, 15) is 14.3 Å². The Morgan fingerprint density at radius 2 is 2.19 bits per heavy atom. The van der Waals surface area contributed by atoms with E-state index in [2.05, 4.69) is 21.2 Å². The molecule has 0 atom stereocenters. The molecule has 0 saturated carbocycles. The summed E-state index contributed by atoms with van der Waals surface area (Å²) in [6, 6.07) is 4.13. The number of hydrogen-bond donors (Lipinski definition) is 2. The summed E-state index contributed by atoms with van der Waals surface area (Å²) in [7, 11) is 0. The third kappa shape index (κ3) is 3.90. The zero-order valence-corrected chi connectivity index (χ0v) is 10.6. The van der Waals surface area contributed by atoms with Gasteiger partial charge >= 0.3 is 0 Å². The van der Waals surface area contributed by atoms with Crippen LogP contribution < -0.4 is 5.32 Å². The van der Waals surface area contributed by atoms with Crippen molar-refractivity contribution in [2.24, 2.45) is 0 Å². The lowest BCUT2D eigenvalue weighted by molar-refractivity contribution is 0.0692. The van der Waals surface area contributed by atoms with E-state index in [0.29, 0.717) is 4.47 Å². The average Bonchev–Trinajstić information content (AvgIpc) is 2.17. The van der Waals surface area contributed by atoms with Crippen LogP contribution in [0.1, 0.15) is 24.2 Å². The summed E-state index contributed by atoms with van der Waals surface area (Å²) >= 11 is 3.16. The van der Waals surface area contributed by atoms with E-state index in [1.807, 2.05) is 0 Å². The molecule has 1 rings (SSSR count). The summed E-state index contributed by atoms with van der Waals surface area (Å²) in [4.78, 5) is 11.6. The summed E-state index contributed by atoms with van der Waals surface area (Å²) in [6.07, 6.45) is 0. The molecule has 1 aromatic carbocycles. The monoisotopic (exact) mass is 289 g/mol. The zero-order valence-electron chi connectivity index (χ0n) is 9.05. The van der Waals surface area contributed by atoms with Crippen molar-refractivity contribution >= 4 is 21.8 Å². The minimum absolute atomic E-state index is 0.0429. The fraction of sp³-hybridized carbons (Fsp3) is 0.364. The van der Waals surface area contributed by atoms with Crippen LogP contribution in [0.25, 0.3) is 0 Å². The molecule has 0 radical (unpaired) electrons. The molecule has 0 aliphatic carbocycles. The molecular weight excluding hydrogens is 277 g/mol. The lowest BCUT2D eigenvalue weighted by Gasteiger charge is -2.17. The lowest BCUT2D eigenvalue weighted by Crippen LogP contribution is -2.38. The number of aliphatic hydroxyl groups is 1. The number of halogens is 2.